The Hall–Kier alpha value is 0.120. The fourth-order valence-electron chi connectivity index (χ4n) is 2.30. The van der Waals surface area contributed by atoms with Gasteiger partial charge in [-0.1, -0.05) is 6.92 Å². The molecule has 0 radical (unpaired) electrons. The van der Waals surface area contributed by atoms with Crippen molar-refractivity contribution in [1.82, 2.24) is 8.61 Å². The number of hydrogen-bond acceptors (Lipinski definition) is 3. The summed E-state index contributed by atoms with van der Waals surface area (Å²) in [4.78, 5) is 0. The molecule has 2 aliphatic rings. The Morgan fingerprint density at radius 3 is 2.50 bits per heavy atom. The van der Waals surface area contributed by atoms with Crippen LogP contribution in [-0.2, 0) is 10.2 Å². The first-order valence-electron chi connectivity index (χ1n) is 6.29. The van der Waals surface area contributed by atoms with Crippen LogP contribution in [0.2, 0.25) is 0 Å². The van der Waals surface area contributed by atoms with E-state index in [0.29, 0.717) is 32.1 Å². The second-order valence-electron chi connectivity index (χ2n) is 5.83. The van der Waals surface area contributed by atoms with Gasteiger partial charge in [-0.05, 0) is 37.1 Å². The molecule has 1 atom stereocenters. The van der Waals surface area contributed by atoms with Crippen LogP contribution in [0.3, 0.4) is 0 Å². The van der Waals surface area contributed by atoms with E-state index in [1.54, 1.807) is 11.4 Å². The van der Waals surface area contributed by atoms with Crippen molar-refractivity contribution in [1.29, 1.82) is 0 Å². The number of halogens is 1. The third kappa shape index (κ3) is 3.36. The average Bonchev–Trinajstić information content (AvgIpc) is 2.99. The van der Waals surface area contributed by atoms with Crippen molar-refractivity contribution >= 4 is 22.6 Å². The van der Waals surface area contributed by atoms with Crippen molar-refractivity contribution < 1.29 is 8.42 Å². The second-order valence-corrected chi connectivity index (χ2v) is 7.87. The summed E-state index contributed by atoms with van der Waals surface area (Å²) in [5.41, 5.74) is 5.66. The van der Waals surface area contributed by atoms with Gasteiger partial charge in [-0.2, -0.15) is 17.0 Å². The molecule has 0 aromatic carbocycles. The molecule has 1 aliphatic heterocycles. The zero-order chi connectivity index (χ0) is 12.7. The number of hydrogen-bond donors (Lipinski definition) is 1. The van der Waals surface area contributed by atoms with E-state index >= 15 is 0 Å². The van der Waals surface area contributed by atoms with Crippen LogP contribution in [0.5, 0.6) is 0 Å². The highest BCUT2D eigenvalue weighted by Crippen LogP contribution is 2.33. The minimum Gasteiger partial charge on any atom is -0.330 e. The molecule has 0 amide bonds. The van der Waals surface area contributed by atoms with Crippen LogP contribution in [0, 0.1) is 11.3 Å². The van der Waals surface area contributed by atoms with Crippen LogP contribution in [0.1, 0.15) is 26.2 Å². The quantitative estimate of drug-likeness (QED) is 0.811. The van der Waals surface area contributed by atoms with Gasteiger partial charge in [-0.15, -0.1) is 12.4 Å². The molecule has 1 saturated carbocycles. The predicted octanol–water partition coefficient (Wildman–Crippen LogP) is 0.666. The molecule has 7 heteroatoms. The van der Waals surface area contributed by atoms with E-state index < -0.39 is 10.2 Å². The van der Waals surface area contributed by atoms with Crippen LogP contribution < -0.4 is 5.73 Å². The van der Waals surface area contributed by atoms with Gasteiger partial charge in [0.25, 0.3) is 10.2 Å². The maximum atomic E-state index is 12.3. The summed E-state index contributed by atoms with van der Waals surface area (Å²) in [5.74, 6) is 0.582. The van der Waals surface area contributed by atoms with Gasteiger partial charge >= 0.3 is 0 Å². The van der Waals surface area contributed by atoms with Crippen molar-refractivity contribution in [3.63, 3.8) is 0 Å². The van der Waals surface area contributed by atoms with Crippen LogP contribution >= 0.6 is 12.4 Å². The minimum atomic E-state index is -3.26. The molecule has 0 spiro atoms. The Bertz CT molecular complexity index is 386. The van der Waals surface area contributed by atoms with E-state index in [9.17, 15) is 8.42 Å². The molecule has 108 valence electrons. The number of rotatable bonds is 5. The predicted molar refractivity (Wildman–Crippen MR) is 74.9 cm³/mol. The third-order valence-electron chi connectivity index (χ3n) is 3.95. The lowest BCUT2D eigenvalue weighted by atomic mass is 9.90. The summed E-state index contributed by atoms with van der Waals surface area (Å²) >= 11 is 0. The molecular weight excluding hydrogens is 274 g/mol. The Kier molecular flexibility index (Phi) is 5.06. The Balaban J connectivity index is 0.00000162. The summed E-state index contributed by atoms with van der Waals surface area (Å²) in [6.07, 6.45) is 3.20. The molecule has 1 aliphatic carbocycles. The van der Waals surface area contributed by atoms with E-state index in [4.69, 9.17) is 5.73 Å². The van der Waals surface area contributed by atoms with Crippen molar-refractivity contribution in [2.75, 3.05) is 33.2 Å². The molecule has 2 fully saturated rings. The number of nitrogens with zero attached hydrogens (tertiary/aromatic N) is 2. The molecule has 1 heterocycles. The molecule has 2 N–H and O–H groups in total. The van der Waals surface area contributed by atoms with Crippen molar-refractivity contribution in [3.8, 4) is 0 Å². The Morgan fingerprint density at radius 1 is 1.44 bits per heavy atom. The lowest BCUT2D eigenvalue weighted by Gasteiger charge is -2.26. The number of nitrogens with two attached hydrogens (primary N) is 1. The van der Waals surface area contributed by atoms with Gasteiger partial charge < -0.3 is 5.73 Å². The molecule has 2 rings (SSSR count). The monoisotopic (exact) mass is 297 g/mol. The maximum Gasteiger partial charge on any atom is 0.281 e. The smallest absolute Gasteiger partial charge is 0.281 e. The van der Waals surface area contributed by atoms with E-state index in [-0.39, 0.29) is 17.8 Å². The molecule has 0 aromatic rings. The van der Waals surface area contributed by atoms with Gasteiger partial charge in [0.1, 0.15) is 0 Å². The van der Waals surface area contributed by atoms with Crippen LogP contribution in [0.4, 0.5) is 0 Å². The normalized spacial score (nSPS) is 29.6. The van der Waals surface area contributed by atoms with Gasteiger partial charge in [0.2, 0.25) is 0 Å². The first-order chi connectivity index (χ1) is 7.87. The summed E-state index contributed by atoms with van der Waals surface area (Å²) in [7, 11) is -1.58. The van der Waals surface area contributed by atoms with Gasteiger partial charge in [-0.3, -0.25) is 0 Å². The Labute approximate surface area is 116 Å². The van der Waals surface area contributed by atoms with Crippen LogP contribution in [0.25, 0.3) is 0 Å². The SMILES string of the molecule is CN(CC1CC1)S(=O)(=O)N1CCC(C)(CN)C1.Cl. The fraction of sp³-hybridized carbons (Fsp3) is 1.00. The summed E-state index contributed by atoms with van der Waals surface area (Å²) in [5, 5.41) is 0. The van der Waals surface area contributed by atoms with E-state index in [1.165, 1.54) is 17.1 Å². The van der Waals surface area contributed by atoms with Gasteiger partial charge in [0.15, 0.2) is 0 Å². The molecule has 0 aromatic heterocycles. The molecule has 1 unspecified atom stereocenters. The molecule has 0 bridgehead atoms. The molecular formula is C11H24ClN3O2S. The zero-order valence-electron chi connectivity index (χ0n) is 11.1. The van der Waals surface area contributed by atoms with Gasteiger partial charge in [0, 0.05) is 26.7 Å². The first kappa shape index (κ1) is 16.2. The fourth-order valence-corrected chi connectivity index (χ4v) is 3.89. The van der Waals surface area contributed by atoms with Crippen LogP contribution in [0.15, 0.2) is 0 Å². The largest absolute Gasteiger partial charge is 0.330 e. The topological polar surface area (TPSA) is 66.6 Å². The molecule has 5 nitrogen and oxygen atoms in total. The lowest BCUT2D eigenvalue weighted by Crippen LogP contribution is -2.43. The lowest BCUT2D eigenvalue weighted by molar-refractivity contribution is 0.332. The summed E-state index contributed by atoms with van der Waals surface area (Å²) < 4.78 is 27.7. The second kappa shape index (κ2) is 5.63. The third-order valence-corrected chi connectivity index (χ3v) is 5.85. The van der Waals surface area contributed by atoms with E-state index in [0.717, 1.165) is 6.42 Å². The van der Waals surface area contributed by atoms with Gasteiger partial charge in [-0.25, -0.2) is 0 Å². The average molecular weight is 298 g/mol. The van der Waals surface area contributed by atoms with Crippen LogP contribution in [-0.4, -0.2) is 50.3 Å². The highest BCUT2D eigenvalue weighted by Gasteiger charge is 2.40. The Morgan fingerprint density at radius 2 is 2.06 bits per heavy atom. The summed E-state index contributed by atoms with van der Waals surface area (Å²) in [6, 6.07) is 0. The van der Waals surface area contributed by atoms with Crippen molar-refractivity contribution in [2.24, 2.45) is 17.1 Å². The zero-order valence-corrected chi connectivity index (χ0v) is 12.8. The van der Waals surface area contributed by atoms with E-state index in [2.05, 4.69) is 6.92 Å². The maximum absolute atomic E-state index is 12.3. The first-order valence-corrected chi connectivity index (χ1v) is 7.68. The van der Waals surface area contributed by atoms with Crippen molar-refractivity contribution in [3.05, 3.63) is 0 Å². The highest BCUT2D eigenvalue weighted by atomic mass is 35.5. The van der Waals surface area contributed by atoms with Gasteiger partial charge in [0.05, 0.1) is 0 Å². The van der Waals surface area contributed by atoms with Crippen molar-refractivity contribution in [2.45, 2.75) is 26.2 Å². The summed E-state index contributed by atoms with van der Waals surface area (Å²) in [6.45, 7) is 4.43. The highest BCUT2D eigenvalue weighted by molar-refractivity contribution is 7.86. The van der Waals surface area contributed by atoms with E-state index in [1.807, 2.05) is 0 Å². The molecule has 18 heavy (non-hydrogen) atoms. The standard InChI is InChI=1S/C11H23N3O2S.ClH/c1-11(8-12)5-6-14(9-11)17(15,16)13(2)7-10-3-4-10;/h10H,3-9,12H2,1-2H3;1H. The molecule has 1 saturated heterocycles. The minimum absolute atomic E-state index is 0.